The van der Waals surface area contributed by atoms with E-state index in [1.165, 1.54) is 0 Å². The van der Waals surface area contributed by atoms with Crippen LogP contribution < -0.4 is 5.32 Å². The number of hydrogen-bond acceptors (Lipinski definition) is 5. The van der Waals surface area contributed by atoms with Crippen molar-refractivity contribution in [1.82, 2.24) is 19.8 Å². The number of amides is 1. The molecule has 1 unspecified atom stereocenters. The molecule has 3 aliphatic heterocycles. The molecule has 126 valence electrons. The predicted octanol–water partition coefficient (Wildman–Crippen LogP) is 0.171. The van der Waals surface area contributed by atoms with Gasteiger partial charge in [0.2, 0.25) is 0 Å². The summed E-state index contributed by atoms with van der Waals surface area (Å²) in [6.07, 6.45) is 6.80. The summed E-state index contributed by atoms with van der Waals surface area (Å²) < 4.78 is 13.3. The van der Waals surface area contributed by atoms with E-state index in [1.807, 2.05) is 7.05 Å². The SMILES string of the molecule is Cn1ccnc1C(=O)N[C@@H]1CN(C2CCOC2)[C@H]2CCCO[C@@H]12. The van der Waals surface area contributed by atoms with Crippen LogP contribution in [-0.4, -0.2) is 71.0 Å². The second-order valence-corrected chi connectivity index (χ2v) is 6.70. The summed E-state index contributed by atoms with van der Waals surface area (Å²) in [5.74, 6) is 0.319. The summed E-state index contributed by atoms with van der Waals surface area (Å²) in [6.45, 7) is 3.25. The van der Waals surface area contributed by atoms with Crippen molar-refractivity contribution in [3.05, 3.63) is 18.2 Å². The van der Waals surface area contributed by atoms with Crippen molar-refractivity contribution in [3.63, 3.8) is 0 Å². The molecule has 4 rings (SSSR count). The molecule has 0 bridgehead atoms. The van der Waals surface area contributed by atoms with E-state index in [2.05, 4.69) is 15.2 Å². The van der Waals surface area contributed by atoms with E-state index >= 15 is 0 Å². The van der Waals surface area contributed by atoms with Crippen molar-refractivity contribution in [2.75, 3.05) is 26.4 Å². The number of hydrogen-bond donors (Lipinski definition) is 1. The van der Waals surface area contributed by atoms with Crippen LogP contribution in [0.4, 0.5) is 0 Å². The highest BCUT2D eigenvalue weighted by molar-refractivity contribution is 5.91. The highest BCUT2D eigenvalue weighted by atomic mass is 16.5. The Kier molecular flexibility index (Phi) is 4.09. The Hall–Kier alpha value is -1.44. The molecule has 3 aliphatic rings. The molecule has 0 spiro atoms. The number of aromatic nitrogens is 2. The Morgan fingerprint density at radius 2 is 2.30 bits per heavy atom. The predicted molar refractivity (Wildman–Crippen MR) is 83.2 cm³/mol. The van der Waals surface area contributed by atoms with Gasteiger partial charge in [0, 0.05) is 51.3 Å². The minimum Gasteiger partial charge on any atom is -0.380 e. The average Bonchev–Trinajstić information content (AvgIpc) is 3.27. The van der Waals surface area contributed by atoms with Gasteiger partial charge in [0.15, 0.2) is 5.82 Å². The first-order chi connectivity index (χ1) is 11.2. The quantitative estimate of drug-likeness (QED) is 0.860. The van der Waals surface area contributed by atoms with Crippen LogP contribution in [-0.2, 0) is 16.5 Å². The molecule has 1 amide bonds. The topological polar surface area (TPSA) is 68.6 Å². The fourth-order valence-electron chi connectivity index (χ4n) is 4.14. The standard InChI is InChI=1S/C16H24N4O3/c1-19-6-5-17-15(19)16(21)18-12-9-20(11-4-8-22-10-11)13-3-2-7-23-14(12)13/h5-6,11-14H,2-4,7-10H2,1H3,(H,18,21)/t11?,12-,13+,14+/m1/s1. The van der Waals surface area contributed by atoms with E-state index in [1.54, 1.807) is 17.0 Å². The zero-order valence-electron chi connectivity index (χ0n) is 13.5. The lowest BCUT2D eigenvalue weighted by molar-refractivity contribution is -0.0270. The summed E-state index contributed by atoms with van der Waals surface area (Å²) in [4.78, 5) is 19.1. The van der Waals surface area contributed by atoms with Gasteiger partial charge in [-0.2, -0.15) is 0 Å². The molecule has 1 N–H and O–H groups in total. The van der Waals surface area contributed by atoms with E-state index < -0.39 is 0 Å². The van der Waals surface area contributed by atoms with Crippen LogP contribution >= 0.6 is 0 Å². The van der Waals surface area contributed by atoms with Crippen LogP contribution in [0.25, 0.3) is 0 Å². The van der Waals surface area contributed by atoms with Gasteiger partial charge in [0.25, 0.3) is 5.91 Å². The van der Waals surface area contributed by atoms with Crippen molar-refractivity contribution < 1.29 is 14.3 Å². The molecule has 0 saturated carbocycles. The average molecular weight is 320 g/mol. The maximum Gasteiger partial charge on any atom is 0.287 e. The Balaban J connectivity index is 1.49. The minimum absolute atomic E-state index is 0.0186. The lowest BCUT2D eigenvalue weighted by Gasteiger charge is -2.34. The number of carbonyl (C=O) groups is 1. The lowest BCUT2D eigenvalue weighted by atomic mass is 10.00. The van der Waals surface area contributed by atoms with Gasteiger partial charge >= 0.3 is 0 Å². The maximum absolute atomic E-state index is 12.5. The third-order valence-corrected chi connectivity index (χ3v) is 5.28. The molecule has 7 heteroatoms. The third-order valence-electron chi connectivity index (χ3n) is 5.28. The Bertz CT molecular complexity index is 569. The summed E-state index contributed by atoms with van der Waals surface area (Å²) in [5.41, 5.74) is 0. The first kappa shape index (κ1) is 15.1. The number of imidazole rings is 1. The molecule has 1 aromatic rings. The number of carbonyl (C=O) groups excluding carboxylic acids is 1. The number of nitrogens with zero attached hydrogens (tertiary/aromatic N) is 3. The second-order valence-electron chi connectivity index (χ2n) is 6.70. The molecule has 23 heavy (non-hydrogen) atoms. The first-order valence-electron chi connectivity index (χ1n) is 8.47. The summed E-state index contributed by atoms with van der Waals surface area (Å²) in [7, 11) is 1.83. The van der Waals surface area contributed by atoms with Crippen LogP contribution in [0.3, 0.4) is 0 Å². The van der Waals surface area contributed by atoms with Gasteiger partial charge in [0.05, 0.1) is 18.8 Å². The zero-order chi connectivity index (χ0) is 15.8. The van der Waals surface area contributed by atoms with Gasteiger partial charge in [-0.3, -0.25) is 9.69 Å². The van der Waals surface area contributed by atoms with E-state index in [9.17, 15) is 4.79 Å². The third kappa shape index (κ3) is 2.77. The molecule has 1 aromatic heterocycles. The van der Waals surface area contributed by atoms with Gasteiger partial charge in [-0.25, -0.2) is 4.98 Å². The fraction of sp³-hybridized carbons (Fsp3) is 0.750. The first-order valence-corrected chi connectivity index (χ1v) is 8.47. The van der Waals surface area contributed by atoms with E-state index in [0.29, 0.717) is 17.9 Å². The van der Waals surface area contributed by atoms with E-state index in [-0.39, 0.29) is 18.1 Å². The summed E-state index contributed by atoms with van der Waals surface area (Å²) >= 11 is 0. The molecule has 4 heterocycles. The molecule has 0 aliphatic carbocycles. The molecule has 0 aromatic carbocycles. The van der Waals surface area contributed by atoms with Crippen LogP contribution in [0.1, 0.15) is 29.9 Å². The van der Waals surface area contributed by atoms with Gasteiger partial charge in [-0.15, -0.1) is 0 Å². The van der Waals surface area contributed by atoms with Crippen LogP contribution in [0.5, 0.6) is 0 Å². The van der Waals surface area contributed by atoms with Crippen molar-refractivity contribution in [2.45, 2.75) is 43.5 Å². The highest BCUT2D eigenvalue weighted by Crippen LogP contribution is 2.32. The van der Waals surface area contributed by atoms with Gasteiger partial charge < -0.3 is 19.4 Å². The van der Waals surface area contributed by atoms with Gasteiger partial charge in [-0.05, 0) is 19.3 Å². The number of rotatable bonds is 3. The molecular weight excluding hydrogens is 296 g/mol. The minimum atomic E-state index is -0.125. The van der Waals surface area contributed by atoms with Gasteiger partial charge in [0.1, 0.15) is 0 Å². The van der Waals surface area contributed by atoms with Crippen molar-refractivity contribution in [3.8, 4) is 0 Å². The number of fused-ring (bicyclic) bond motifs is 1. The Morgan fingerprint density at radius 1 is 1.39 bits per heavy atom. The smallest absolute Gasteiger partial charge is 0.287 e. The van der Waals surface area contributed by atoms with Crippen LogP contribution in [0, 0.1) is 0 Å². The maximum atomic E-state index is 12.5. The number of aryl methyl sites for hydroxylation is 1. The zero-order valence-corrected chi connectivity index (χ0v) is 13.5. The normalized spacial score (nSPS) is 34.5. The van der Waals surface area contributed by atoms with Crippen molar-refractivity contribution >= 4 is 5.91 Å². The molecule has 7 nitrogen and oxygen atoms in total. The Morgan fingerprint density at radius 3 is 3.04 bits per heavy atom. The van der Waals surface area contributed by atoms with Crippen molar-refractivity contribution in [1.29, 1.82) is 0 Å². The summed E-state index contributed by atoms with van der Waals surface area (Å²) in [6, 6.07) is 0.867. The molecule has 3 fully saturated rings. The second kappa shape index (κ2) is 6.22. The van der Waals surface area contributed by atoms with Crippen LogP contribution in [0.2, 0.25) is 0 Å². The molecular formula is C16H24N4O3. The largest absolute Gasteiger partial charge is 0.380 e. The van der Waals surface area contributed by atoms with Gasteiger partial charge in [-0.1, -0.05) is 0 Å². The van der Waals surface area contributed by atoms with Crippen LogP contribution in [0.15, 0.2) is 12.4 Å². The number of likely N-dealkylation sites (tertiary alicyclic amines) is 1. The molecule has 3 saturated heterocycles. The molecule has 0 radical (unpaired) electrons. The fourth-order valence-corrected chi connectivity index (χ4v) is 4.14. The van der Waals surface area contributed by atoms with E-state index in [4.69, 9.17) is 9.47 Å². The lowest BCUT2D eigenvalue weighted by Crippen LogP contribution is -2.48. The Labute approximate surface area is 135 Å². The number of ether oxygens (including phenoxy) is 2. The number of nitrogens with one attached hydrogen (secondary N) is 1. The summed E-state index contributed by atoms with van der Waals surface area (Å²) in [5, 5.41) is 3.14. The monoisotopic (exact) mass is 320 g/mol. The van der Waals surface area contributed by atoms with Crippen molar-refractivity contribution in [2.24, 2.45) is 7.05 Å². The van der Waals surface area contributed by atoms with E-state index in [0.717, 1.165) is 45.6 Å². The molecule has 4 atom stereocenters. The highest BCUT2D eigenvalue weighted by Gasteiger charge is 2.47.